The van der Waals surface area contributed by atoms with E-state index in [-0.39, 0.29) is 17.6 Å². The second-order valence-electron chi connectivity index (χ2n) is 9.98. The van der Waals surface area contributed by atoms with Gasteiger partial charge in [-0.3, -0.25) is 18.9 Å². The maximum Gasteiger partial charge on any atom is 0.330 e. The number of carbonyl (C=O) groups is 1. The van der Waals surface area contributed by atoms with Crippen molar-refractivity contribution in [2.45, 2.75) is 51.7 Å². The lowest BCUT2D eigenvalue weighted by atomic mass is 9.85. The highest BCUT2D eigenvalue weighted by atomic mass is 35.5. The van der Waals surface area contributed by atoms with Crippen LogP contribution in [0.5, 0.6) is 11.5 Å². The molecule has 39 heavy (non-hydrogen) atoms. The Morgan fingerprint density at radius 2 is 1.87 bits per heavy atom. The van der Waals surface area contributed by atoms with E-state index in [9.17, 15) is 9.59 Å². The van der Waals surface area contributed by atoms with Gasteiger partial charge in [0.25, 0.3) is 5.91 Å². The van der Waals surface area contributed by atoms with Crippen LogP contribution in [0.2, 0.25) is 5.02 Å². The van der Waals surface area contributed by atoms with E-state index in [2.05, 4.69) is 15.3 Å². The number of carbonyl (C=O) groups excluding carboxylic acids is 1. The number of benzene rings is 1. The zero-order valence-electron chi connectivity index (χ0n) is 22.3. The van der Waals surface area contributed by atoms with E-state index in [1.807, 2.05) is 34.9 Å². The minimum absolute atomic E-state index is 0.0781. The Labute approximate surface area is 231 Å². The third kappa shape index (κ3) is 5.63. The summed E-state index contributed by atoms with van der Waals surface area (Å²) in [7, 11) is 3.21. The Morgan fingerprint density at radius 3 is 2.62 bits per heavy atom. The molecule has 1 aliphatic carbocycles. The number of hydrogen-bond acceptors (Lipinski definition) is 6. The van der Waals surface area contributed by atoms with E-state index in [0.29, 0.717) is 52.4 Å². The number of methoxy groups -OCH3 is 2. The molecule has 5 rings (SSSR count). The lowest BCUT2D eigenvalue weighted by Gasteiger charge is -2.29. The van der Waals surface area contributed by atoms with Crippen molar-refractivity contribution in [3.63, 3.8) is 0 Å². The highest BCUT2D eigenvalue weighted by Gasteiger charge is 2.26. The minimum atomic E-state index is -0.148. The Morgan fingerprint density at radius 1 is 1.08 bits per heavy atom. The number of aryl methyl sites for hydroxylation is 1. The van der Waals surface area contributed by atoms with Crippen molar-refractivity contribution >= 4 is 28.7 Å². The fourth-order valence-electron chi connectivity index (χ4n) is 5.37. The first-order valence-electron chi connectivity index (χ1n) is 13.1. The van der Waals surface area contributed by atoms with Crippen LogP contribution in [0, 0.1) is 12.8 Å². The molecule has 0 aliphatic heterocycles. The summed E-state index contributed by atoms with van der Waals surface area (Å²) in [5.41, 5.74) is 3.39. The normalized spacial score (nSPS) is 17.2. The fraction of sp³-hybridized carbons (Fsp3) is 0.379. The maximum atomic E-state index is 13.7. The SMILES string of the molecule is COc1ccc(Cn2c(=O)n(C[C@H]3CC[C@H](NC(=O)c4cc(Cl)cnc4C)CC3)c3cccnc32)c(OC)c1. The van der Waals surface area contributed by atoms with Gasteiger partial charge in [-0.2, -0.15) is 0 Å². The molecular formula is C29H32ClN5O4. The van der Waals surface area contributed by atoms with Gasteiger partial charge in [0.15, 0.2) is 5.65 Å². The first-order chi connectivity index (χ1) is 18.9. The van der Waals surface area contributed by atoms with Gasteiger partial charge in [0.1, 0.15) is 11.5 Å². The Hall–Kier alpha value is -3.85. The number of amides is 1. The highest BCUT2D eigenvalue weighted by molar-refractivity contribution is 6.30. The van der Waals surface area contributed by atoms with Gasteiger partial charge in [-0.05, 0) is 68.9 Å². The Balaban J connectivity index is 1.30. The van der Waals surface area contributed by atoms with Crippen molar-refractivity contribution < 1.29 is 14.3 Å². The minimum Gasteiger partial charge on any atom is -0.497 e. The average molecular weight is 550 g/mol. The number of nitrogens with zero attached hydrogens (tertiary/aromatic N) is 4. The van der Waals surface area contributed by atoms with Gasteiger partial charge in [0.2, 0.25) is 0 Å². The largest absolute Gasteiger partial charge is 0.497 e. The zero-order chi connectivity index (χ0) is 27.5. The number of rotatable bonds is 8. The molecule has 1 aliphatic rings. The predicted molar refractivity (Wildman–Crippen MR) is 150 cm³/mol. The second-order valence-corrected chi connectivity index (χ2v) is 10.4. The second kappa shape index (κ2) is 11.5. The highest BCUT2D eigenvalue weighted by Crippen LogP contribution is 2.28. The fourth-order valence-corrected chi connectivity index (χ4v) is 5.52. The van der Waals surface area contributed by atoms with Crippen LogP contribution >= 0.6 is 11.6 Å². The third-order valence-corrected chi connectivity index (χ3v) is 7.72. The van der Waals surface area contributed by atoms with E-state index in [0.717, 1.165) is 36.8 Å². The molecule has 0 saturated heterocycles. The van der Waals surface area contributed by atoms with Crippen LogP contribution in [0.25, 0.3) is 11.2 Å². The van der Waals surface area contributed by atoms with Crippen LogP contribution in [-0.4, -0.2) is 45.3 Å². The lowest BCUT2D eigenvalue weighted by molar-refractivity contribution is 0.0919. The van der Waals surface area contributed by atoms with Crippen molar-refractivity contribution in [3.05, 3.63) is 81.1 Å². The van der Waals surface area contributed by atoms with E-state index >= 15 is 0 Å². The summed E-state index contributed by atoms with van der Waals surface area (Å²) in [6, 6.07) is 11.1. The van der Waals surface area contributed by atoms with Crippen molar-refractivity contribution in [1.29, 1.82) is 0 Å². The van der Waals surface area contributed by atoms with Gasteiger partial charge >= 0.3 is 5.69 Å². The molecule has 10 heteroatoms. The summed E-state index contributed by atoms with van der Waals surface area (Å²) in [4.78, 5) is 35.2. The number of nitrogens with one attached hydrogen (secondary N) is 1. The first kappa shape index (κ1) is 26.7. The average Bonchev–Trinajstić information content (AvgIpc) is 3.21. The molecule has 3 aromatic heterocycles. The summed E-state index contributed by atoms with van der Waals surface area (Å²) in [6.07, 6.45) is 6.75. The smallest absolute Gasteiger partial charge is 0.330 e. The number of halogens is 1. The van der Waals surface area contributed by atoms with Crippen molar-refractivity contribution in [2.24, 2.45) is 5.92 Å². The van der Waals surface area contributed by atoms with Crippen molar-refractivity contribution in [3.8, 4) is 11.5 Å². The van der Waals surface area contributed by atoms with Crippen LogP contribution < -0.4 is 20.5 Å². The molecule has 0 atom stereocenters. The number of imidazole rings is 1. The molecule has 9 nitrogen and oxygen atoms in total. The number of aromatic nitrogens is 4. The first-order valence-corrected chi connectivity index (χ1v) is 13.4. The van der Waals surface area contributed by atoms with E-state index in [1.165, 1.54) is 0 Å². The van der Waals surface area contributed by atoms with Gasteiger partial charge < -0.3 is 14.8 Å². The lowest BCUT2D eigenvalue weighted by Crippen LogP contribution is -2.39. The number of fused-ring (bicyclic) bond motifs is 1. The van der Waals surface area contributed by atoms with E-state index < -0.39 is 0 Å². The molecule has 1 fully saturated rings. The number of hydrogen-bond donors (Lipinski definition) is 1. The maximum absolute atomic E-state index is 13.7. The van der Waals surface area contributed by atoms with Crippen LogP contribution in [0.4, 0.5) is 0 Å². The molecule has 4 aromatic rings. The summed E-state index contributed by atoms with van der Waals surface area (Å²) < 4.78 is 14.4. The van der Waals surface area contributed by atoms with Crippen LogP contribution in [0.15, 0.2) is 53.6 Å². The van der Waals surface area contributed by atoms with Crippen LogP contribution in [0.1, 0.15) is 47.3 Å². The van der Waals surface area contributed by atoms with Gasteiger partial charge in [0, 0.05) is 36.6 Å². The summed E-state index contributed by atoms with van der Waals surface area (Å²) in [5.74, 6) is 1.52. The van der Waals surface area contributed by atoms with Gasteiger partial charge in [-0.15, -0.1) is 0 Å². The monoisotopic (exact) mass is 549 g/mol. The molecule has 0 unspecified atom stereocenters. The van der Waals surface area contributed by atoms with Gasteiger partial charge in [-0.25, -0.2) is 9.78 Å². The Kier molecular flexibility index (Phi) is 7.88. The molecule has 0 radical (unpaired) electrons. The van der Waals surface area contributed by atoms with E-state index in [4.69, 9.17) is 21.1 Å². The summed E-state index contributed by atoms with van der Waals surface area (Å²) in [5, 5.41) is 3.58. The number of ether oxygens (including phenoxy) is 2. The standard InChI is InChI=1S/C29H32ClN5O4/c1-18-24(13-21(30)15-32-18)28(36)33-22-9-6-19(7-10-22)16-34-25-5-4-12-31-27(25)35(29(34)37)17-20-8-11-23(38-2)14-26(20)39-3/h4-5,8,11-15,19,22H,6-7,9-10,16-17H2,1-3H3,(H,33,36)/t19-,22-. The quantitative estimate of drug-likeness (QED) is 0.344. The van der Waals surface area contributed by atoms with Gasteiger partial charge in [0.05, 0.1) is 42.6 Å². The molecular weight excluding hydrogens is 518 g/mol. The zero-order valence-corrected chi connectivity index (χ0v) is 23.1. The van der Waals surface area contributed by atoms with Crippen LogP contribution in [0.3, 0.4) is 0 Å². The van der Waals surface area contributed by atoms with Gasteiger partial charge in [-0.1, -0.05) is 11.6 Å². The number of pyridine rings is 2. The van der Waals surface area contributed by atoms with Crippen molar-refractivity contribution in [1.82, 2.24) is 24.4 Å². The third-order valence-electron chi connectivity index (χ3n) is 7.52. The topological polar surface area (TPSA) is 100 Å². The molecule has 1 aromatic carbocycles. The predicted octanol–water partition coefficient (Wildman–Crippen LogP) is 4.61. The molecule has 3 heterocycles. The molecule has 0 spiro atoms. The van der Waals surface area contributed by atoms with Crippen LogP contribution in [-0.2, 0) is 13.1 Å². The Bertz CT molecular complexity index is 1560. The molecule has 1 N–H and O–H groups in total. The van der Waals surface area contributed by atoms with E-state index in [1.54, 1.807) is 44.2 Å². The summed E-state index contributed by atoms with van der Waals surface area (Å²) in [6.45, 7) is 2.74. The molecule has 0 bridgehead atoms. The van der Waals surface area contributed by atoms with Crippen molar-refractivity contribution in [2.75, 3.05) is 14.2 Å². The summed E-state index contributed by atoms with van der Waals surface area (Å²) >= 11 is 6.04. The molecule has 1 amide bonds. The molecule has 1 saturated carbocycles. The molecule has 204 valence electrons.